The number of rotatable bonds is 9. The Morgan fingerprint density at radius 1 is 1.29 bits per heavy atom. The fraction of sp³-hybridized carbons (Fsp3) is 0.529. The first-order valence-electron chi connectivity index (χ1n) is 7.54. The molecule has 0 amide bonds. The summed E-state index contributed by atoms with van der Waals surface area (Å²) in [6.45, 7) is 8.22. The Hall–Kier alpha value is -1.13. The van der Waals surface area contributed by atoms with E-state index in [1.807, 2.05) is 6.08 Å². The summed E-state index contributed by atoms with van der Waals surface area (Å²) in [5, 5.41) is 0. The highest BCUT2D eigenvalue weighted by Gasteiger charge is 2.13. The monoisotopic (exact) mass is 310 g/mol. The predicted molar refractivity (Wildman–Crippen MR) is 87.0 cm³/mol. The Morgan fingerprint density at radius 3 is 2.38 bits per heavy atom. The van der Waals surface area contributed by atoms with Crippen molar-refractivity contribution in [3.05, 3.63) is 42.5 Å². The topological polar surface area (TPSA) is 54.4 Å². The first kappa shape index (κ1) is 17.9. The number of benzene rings is 1. The second kappa shape index (κ2) is 8.35. The lowest BCUT2D eigenvalue weighted by Gasteiger charge is -2.19. The van der Waals surface area contributed by atoms with E-state index < -0.39 is 10.1 Å². The van der Waals surface area contributed by atoms with E-state index >= 15 is 0 Å². The zero-order valence-electron chi connectivity index (χ0n) is 13.0. The molecule has 1 rings (SSSR count). The van der Waals surface area contributed by atoms with Gasteiger partial charge in [0.2, 0.25) is 0 Å². The fourth-order valence-corrected chi connectivity index (χ4v) is 3.09. The van der Waals surface area contributed by atoms with Crippen LogP contribution in [0.15, 0.2) is 41.8 Å². The van der Waals surface area contributed by atoms with Crippen LogP contribution < -0.4 is 0 Å². The summed E-state index contributed by atoms with van der Waals surface area (Å²) in [6, 6.07) is 6.53. The minimum absolute atomic E-state index is 0.0429. The van der Waals surface area contributed by atoms with E-state index in [9.17, 15) is 8.42 Å². The van der Waals surface area contributed by atoms with E-state index in [1.165, 1.54) is 25.0 Å². The van der Waals surface area contributed by atoms with Gasteiger partial charge in [0, 0.05) is 0 Å². The van der Waals surface area contributed by atoms with Crippen molar-refractivity contribution in [2.24, 2.45) is 11.8 Å². The maximum Gasteiger partial charge on any atom is 0.294 e. The Balaban J connectivity index is 2.63. The van der Waals surface area contributed by atoms with E-state index in [0.29, 0.717) is 11.8 Å². The molecule has 4 heteroatoms. The van der Waals surface area contributed by atoms with Gasteiger partial charge in [-0.25, -0.2) is 0 Å². The molecule has 0 aliphatic heterocycles. The Kier molecular flexibility index (Phi) is 7.12. The molecule has 21 heavy (non-hydrogen) atoms. The third-order valence-corrected chi connectivity index (χ3v) is 4.79. The molecule has 1 aromatic rings. The summed E-state index contributed by atoms with van der Waals surface area (Å²) in [5.41, 5.74) is 1.12. The maximum atomic E-state index is 11.0. The normalized spacial score (nSPS) is 14.6. The van der Waals surface area contributed by atoms with Crippen LogP contribution in [0.3, 0.4) is 0 Å². The van der Waals surface area contributed by atoms with Crippen LogP contribution in [0.25, 0.3) is 0 Å². The second-order valence-electron chi connectivity index (χ2n) is 5.80. The largest absolute Gasteiger partial charge is 0.294 e. The quantitative estimate of drug-likeness (QED) is 0.540. The number of hydrogen-bond donors (Lipinski definition) is 1. The third-order valence-electron chi connectivity index (χ3n) is 3.92. The van der Waals surface area contributed by atoms with Crippen molar-refractivity contribution in [2.75, 3.05) is 0 Å². The highest BCUT2D eigenvalue weighted by molar-refractivity contribution is 7.85. The fourth-order valence-electron chi connectivity index (χ4n) is 2.61. The minimum atomic E-state index is -4.09. The Bertz CT molecular complexity index is 532. The van der Waals surface area contributed by atoms with Crippen molar-refractivity contribution >= 4 is 10.1 Å². The zero-order valence-corrected chi connectivity index (χ0v) is 13.8. The molecule has 0 aliphatic carbocycles. The van der Waals surface area contributed by atoms with Crippen LogP contribution >= 0.6 is 0 Å². The molecule has 0 saturated carbocycles. The molecule has 0 bridgehead atoms. The average Bonchev–Trinajstić information content (AvgIpc) is 2.44. The van der Waals surface area contributed by atoms with Crippen LogP contribution in [0.2, 0.25) is 0 Å². The van der Waals surface area contributed by atoms with Crippen LogP contribution in [-0.4, -0.2) is 13.0 Å². The van der Waals surface area contributed by atoms with Gasteiger partial charge in [0.1, 0.15) is 0 Å². The molecular weight excluding hydrogens is 284 g/mol. The Labute approximate surface area is 128 Å². The molecule has 0 fully saturated rings. The molecule has 1 N–H and O–H groups in total. The summed E-state index contributed by atoms with van der Waals surface area (Å²) in [6.07, 6.45) is 7.41. The summed E-state index contributed by atoms with van der Waals surface area (Å²) >= 11 is 0. The van der Waals surface area contributed by atoms with Crippen molar-refractivity contribution in [3.8, 4) is 0 Å². The summed E-state index contributed by atoms with van der Waals surface area (Å²) in [7, 11) is -4.09. The molecule has 118 valence electrons. The molecule has 0 spiro atoms. The van der Waals surface area contributed by atoms with Gasteiger partial charge in [0.25, 0.3) is 10.1 Å². The molecule has 0 aliphatic rings. The van der Waals surface area contributed by atoms with Crippen molar-refractivity contribution in [1.82, 2.24) is 0 Å². The van der Waals surface area contributed by atoms with Crippen molar-refractivity contribution < 1.29 is 13.0 Å². The van der Waals surface area contributed by atoms with Gasteiger partial charge in [-0.05, 0) is 55.2 Å². The zero-order chi connectivity index (χ0) is 15.9. The lowest BCUT2D eigenvalue weighted by molar-refractivity contribution is 0.364. The van der Waals surface area contributed by atoms with Crippen LogP contribution in [0, 0.1) is 11.8 Å². The van der Waals surface area contributed by atoms with Gasteiger partial charge in [0.15, 0.2) is 0 Å². The van der Waals surface area contributed by atoms with Gasteiger partial charge in [-0.15, -0.1) is 6.58 Å². The first-order valence-corrected chi connectivity index (χ1v) is 8.98. The molecule has 2 unspecified atom stereocenters. The molecule has 0 aromatic heterocycles. The van der Waals surface area contributed by atoms with E-state index in [0.717, 1.165) is 24.8 Å². The summed E-state index contributed by atoms with van der Waals surface area (Å²) in [4.78, 5) is -0.0429. The van der Waals surface area contributed by atoms with Crippen LogP contribution in [0.1, 0.15) is 45.1 Å². The summed E-state index contributed by atoms with van der Waals surface area (Å²) < 4.78 is 31.0. The molecule has 0 saturated heterocycles. The Morgan fingerprint density at radius 2 is 1.90 bits per heavy atom. The van der Waals surface area contributed by atoms with Crippen molar-refractivity contribution in [2.45, 2.75) is 50.8 Å². The van der Waals surface area contributed by atoms with Gasteiger partial charge < -0.3 is 0 Å². The van der Waals surface area contributed by atoms with E-state index in [2.05, 4.69) is 20.4 Å². The van der Waals surface area contributed by atoms with Gasteiger partial charge in [0.05, 0.1) is 4.90 Å². The molecular formula is C17H26O3S. The predicted octanol–water partition coefficient (Wildman–Crippen LogP) is 4.49. The third kappa shape index (κ3) is 6.44. The van der Waals surface area contributed by atoms with Crippen LogP contribution in [0.4, 0.5) is 0 Å². The molecule has 2 atom stereocenters. The SMILES string of the molecule is C=CCCC(C)CC(CC)Cc1ccc(S(=O)(=O)O)cc1. The molecule has 3 nitrogen and oxygen atoms in total. The van der Waals surface area contributed by atoms with Gasteiger partial charge in [-0.2, -0.15) is 8.42 Å². The van der Waals surface area contributed by atoms with Crippen LogP contribution in [0.5, 0.6) is 0 Å². The molecule has 0 radical (unpaired) electrons. The van der Waals surface area contributed by atoms with Crippen molar-refractivity contribution in [3.63, 3.8) is 0 Å². The van der Waals surface area contributed by atoms with Gasteiger partial charge >= 0.3 is 0 Å². The van der Waals surface area contributed by atoms with E-state index in [4.69, 9.17) is 4.55 Å². The van der Waals surface area contributed by atoms with Gasteiger partial charge in [-0.1, -0.05) is 38.5 Å². The lowest BCUT2D eigenvalue weighted by atomic mass is 9.86. The van der Waals surface area contributed by atoms with Crippen LogP contribution in [-0.2, 0) is 16.5 Å². The lowest BCUT2D eigenvalue weighted by Crippen LogP contribution is -2.09. The highest BCUT2D eigenvalue weighted by Crippen LogP contribution is 2.24. The standard InChI is InChI=1S/C17H26O3S/c1-4-6-7-14(3)12-15(5-2)13-16-8-10-17(11-9-16)21(18,19)20/h4,8-11,14-15H,1,5-7,12-13H2,2-3H3,(H,18,19,20). The number of allylic oxidation sites excluding steroid dienone is 1. The summed E-state index contributed by atoms with van der Waals surface area (Å²) in [5.74, 6) is 1.27. The smallest absolute Gasteiger partial charge is 0.282 e. The minimum Gasteiger partial charge on any atom is -0.282 e. The number of hydrogen-bond acceptors (Lipinski definition) is 2. The van der Waals surface area contributed by atoms with E-state index in [-0.39, 0.29) is 4.90 Å². The average molecular weight is 310 g/mol. The molecule has 1 aromatic carbocycles. The van der Waals surface area contributed by atoms with E-state index in [1.54, 1.807) is 12.1 Å². The van der Waals surface area contributed by atoms with Crippen molar-refractivity contribution in [1.29, 1.82) is 0 Å². The first-order chi connectivity index (χ1) is 9.86. The maximum absolute atomic E-state index is 11.0. The molecule has 0 heterocycles. The highest BCUT2D eigenvalue weighted by atomic mass is 32.2. The second-order valence-corrected chi connectivity index (χ2v) is 7.23. The van der Waals surface area contributed by atoms with Gasteiger partial charge in [-0.3, -0.25) is 4.55 Å².